The maximum atomic E-state index is 13.7. The van der Waals surface area contributed by atoms with Crippen LogP contribution in [-0.2, 0) is 9.59 Å². The fourth-order valence-electron chi connectivity index (χ4n) is 2.63. The van der Waals surface area contributed by atoms with E-state index in [2.05, 4.69) is 20.7 Å². The lowest BCUT2D eigenvalue weighted by Crippen LogP contribution is -2.41. The average molecular weight is 537 g/mol. The first-order chi connectivity index (χ1) is 13.8. The molecule has 30 heavy (non-hydrogen) atoms. The molecular weight excluding hydrogens is 514 g/mol. The van der Waals surface area contributed by atoms with Crippen molar-refractivity contribution in [3.8, 4) is 5.75 Å². The molecule has 0 aromatic heterocycles. The molecule has 3 atom stereocenters. The topological polar surface area (TPSA) is 79.5 Å². The van der Waals surface area contributed by atoms with Crippen molar-refractivity contribution in [2.75, 3.05) is 0 Å². The molecule has 1 aliphatic heterocycles. The molecule has 10 heteroatoms. The quantitative estimate of drug-likeness (QED) is 0.365. The van der Waals surface area contributed by atoms with Gasteiger partial charge in [-0.1, -0.05) is 12.1 Å². The lowest BCUT2D eigenvalue weighted by atomic mass is 10.1. The van der Waals surface area contributed by atoms with Gasteiger partial charge in [-0.3, -0.25) is 9.59 Å². The fraction of sp³-hybridized carbons (Fsp3) is 0.400. The summed E-state index contributed by atoms with van der Waals surface area (Å²) in [6, 6.07) is 5.00. The molecule has 0 saturated carbocycles. The normalized spacial score (nSPS) is 19.4. The Labute approximate surface area is 186 Å². The minimum Gasteiger partial charge on any atom is -0.430 e. The number of hydrogen-bond donors (Lipinski definition) is 3. The van der Waals surface area contributed by atoms with Gasteiger partial charge < -0.3 is 20.7 Å². The number of carbonyl (C=O) groups excluding carboxylic acids is 2. The number of alkyl halides is 4. The number of hydrogen-bond acceptors (Lipinski definition) is 4. The van der Waals surface area contributed by atoms with Crippen LogP contribution in [0.25, 0.3) is 0 Å². The molecule has 2 amide bonds. The zero-order valence-electron chi connectivity index (χ0n) is 16.9. The van der Waals surface area contributed by atoms with Gasteiger partial charge in [-0.15, -0.1) is 0 Å². The van der Waals surface area contributed by atoms with Crippen LogP contribution in [0, 0.1) is 0 Å². The van der Waals surface area contributed by atoms with Gasteiger partial charge in [0.2, 0.25) is 5.91 Å². The number of rotatable bonds is 7. The molecule has 0 spiro atoms. The van der Waals surface area contributed by atoms with E-state index in [0.29, 0.717) is 17.0 Å². The summed E-state index contributed by atoms with van der Waals surface area (Å²) in [5, 5.41) is 8.44. The van der Waals surface area contributed by atoms with Gasteiger partial charge in [0.15, 0.2) is 0 Å². The predicted molar refractivity (Wildman–Crippen MR) is 115 cm³/mol. The Morgan fingerprint density at radius 2 is 1.83 bits per heavy atom. The summed E-state index contributed by atoms with van der Waals surface area (Å²) in [6.07, 6.45) is -0.754. The van der Waals surface area contributed by atoms with E-state index >= 15 is 0 Å². The van der Waals surface area contributed by atoms with Gasteiger partial charge in [-0.25, -0.2) is 4.39 Å². The number of carbonyl (C=O) groups is 2. The van der Waals surface area contributed by atoms with Crippen molar-refractivity contribution in [1.82, 2.24) is 16.0 Å². The highest BCUT2D eigenvalue weighted by Crippen LogP contribution is 2.39. The van der Waals surface area contributed by atoms with Gasteiger partial charge >= 0.3 is 6.11 Å². The molecule has 0 aliphatic carbocycles. The molecule has 1 aromatic carbocycles. The summed E-state index contributed by atoms with van der Waals surface area (Å²) in [6.45, 7) is 5.65. The third kappa shape index (κ3) is 6.38. The Hall–Kier alpha value is -2.24. The number of dihydropyridines is 1. The second-order valence-corrected chi connectivity index (χ2v) is 9.09. The van der Waals surface area contributed by atoms with E-state index in [9.17, 15) is 22.8 Å². The van der Waals surface area contributed by atoms with Gasteiger partial charge in [0.25, 0.3) is 9.58 Å². The molecule has 6 nitrogen and oxygen atoms in total. The number of nitrogens with one attached hydrogen (secondary N) is 3. The van der Waals surface area contributed by atoms with Crippen LogP contribution in [-0.4, -0.2) is 27.6 Å². The molecule has 1 aromatic rings. The number of benzene rings is 1. The van der Waals surface area contributed by atoms with Crippen molar-refractivity contribution in [2.45, 2.75) is 49.6 Å². The van der Waals surface area contributed by atoms with Crippen molar-refractivity contribution in [2.24, 2.45) is 0 Å². The summed E-state index contributed by atoms with van der Waals surface area (Å²) in [4.78, 5) is 23.8. The SMILES string of the molecule is CC(=O)NC1=CC(C(=O)NC(C)c2ccc(OC(F)(F)[C@](C)(F)I)cc2)=C[C@H](C)N1. The first-order valence-electron chi connectivity index (χ1n) is 9.11. The Balaban J connectivity index is 2.05. The van der Waals surface area contributed by atoms with Crippen molar-refractivity contribution in [1.29, 1.82) is 0 Å². The molecule has 2 rings (SSSR count). The molecule has 3 N–H and O–H groups in total. The van der Waals surface area contributed by atoms with Crippen molar-refractivity contribution in [3.05, 3.63) is 53.4 Å². The Morgan fingerprint density at radius 3 is 2.37 bits per heavy atom. The lowest BCUT2D eigenvalue weighted by Gasteiger charge is -2.25. The summed E-state index contributed by atoms with van der Waals surface area (Å²) >= 11 is 0.980. The third-order valence-electron chi connectivity index (χ3n) is 4.17. The van der Waals surface area contributed by atoms with Gasteiger partial charge in [0, 0.05) is 18.5 Å². The van der Waals surface area contributed by atoms with E-state index in [4.69, 9.17) is 0 Å². The fourth-order valence-corrected chi connectivity index (χ4v) is 2.74. The predicted octanol–water partition coefficient (Wildman–Crippen LogP) is 3.85. The number of ether oxygens (including phenoxy) is 1. The lowest BCUT2D eigenvalue weighted by molar-refractivity contribution is -0.221. The molecule has 0 fully saturated rings. The van der Waals surface area contributed by atoms with Crippen LogP contribution in [0.4, 0.5) is 13.2 Å². The summed E-state index contributed by atoms with van der Waals surface area (Å²) in [5.74, 6) is -0.392. The molecule has 1 aliphatic rings. The average Bonchev–Trinajstić information content (AvgIpc) is 2.59. The zero-order valence-corrected chi connectivity index (χ0v) is 19.0. The van der Waals surface area contributed by atoms with E-state index in [1.54, 1.807) is 13.0 Å². The third-order valence-corrected chi connectivity index (χ3v) is 4.80. The van der Waals surface area contributed by atoms with Crippen molar-refractivity contribution >= 4 is 34.4 Å². The van der Waals surface area contributed by atoms with Crippen LogP contribution >= 0.6 is 22.6 Å². The number of halogens is 4. The van der Waals surface area contributed by atoms with Crippen molar-refractivity contribution in [3.63, 3.8) is 0 Å². The van der Waals surface area contributed by atoms with Crippen LogP contribution in [0.15, 0.2) is 47.8 Å². The van der Waals surface area contributed by atoms with Crippen LogP contribution in [0.1, 0.15) is 39.3 Å². The molecule has 0 radical (unpaired) electrons. The van der Waals surface area contributed by atoms with E-state index in [1.807, 2.05) is 6.92 Å². The van der Waals surface area contributed by atoms with E-state index in [-0.39, 0.29) is 23.6 Å². The van der Waals surface area contributed by atoms with Crippen molar-refractivity contribution < 1.29 is 27.5 Å². The molecular formula is C20H23F3IN3O3. The van der Waals surface area contributed by atoms with Gasteiger partial charge in [0.05, 0.1) is 6.04 Å². The first-order valence-corrected chi connectivity index (χ1v) is 10.2. The highest BCUT2D eigenvalue weighted by atomic mass is 127. The van der Waals surface area contributed by atoms with E-state index < -0.39 is 15.8 Å². The van der Waals surface area contributed by atoms with E-state index in [0.717, 1.165) is 29.5 Å². The first kappa shape index (κ1) is 24.0. The second kappa shape index (κ2) is 9.27. The minimum absolute atomic E-state index is 0.162. The standard InChI is InChI=1S/C20H23F3IN3O3/c1-11-9-15(10-17(25-11)27-13(3)28)18(29)26-12(2)14-5-7-16(8-6-14)30-20(22,23)19(4,21)24/h5-12,25H,1-4H3,(H,26,29)(H,27,28)/t11-,12?,19+/m0/s1. The largest absolute Gasteiger partial charge is 0.442 e. The maximum absolute atomic E-state index is 13.7. The van der Waals surface area contributed by atoms with E-state index in [1.165, 1.54) is 37.3 Å². The smallest absolute Gasteiger partial charge is 0.430 e. The second-order valence-electron chi connectivity index (χ2n) is 7.07. The highest BCUT2D eigenvalue weighted by Gasteiger charge is 2.52. The Kier molecular flexibility index (Phi) is 7.43. The van der Waals surface area contributed by atoms with Crippen LogP contribution < -0.4 is 20.7 Å². The molecule has 0 bridgehead atoms. The summed E-state index contributed by atoms with van der Waals surface area (Å²) in [7, 11) is 0. The molecule has 0 saturated heterocycles. The maximum Gasteiger partial charge on any atom is 0.442 e. The van der Waals surface area contributed by atoms with Gasteiger partial charge in [-0.05, 0) is 73.2 Å². The monoisotopic (exact) mass is 537 g/mol. The number of amides is 2. The summed E-state index contributed by atoms with van der Waals surface area (Å²) in [5.41, 5.74) is 1.02. The molecule has 164 valence electrons. The van der Waals surface area contributed by atoms with Crippen LogP contribution in [0.5, 0.6) is 5.75 Å². The van der Waals surface area contributed by atoms with Gasteiger partial charge in [-0.2, -0.15) is 8.78 Å². The summed E-state index contributed by atoms with van der Waals surface area (Å²) < 4.78 is 42.5. The zero-order chi connectivity index (χ0) is 22.7. The van der Waals surface area contributed by atoms with Gasteiger partial charge in [0.1, 0.15) is 11.6 Å². The molecule has 1 unspecified atom stereocenters. The highest BCUT2D eigenvalue weighted by molar-refractivity contribution is 14.1. The van der Waals surface area contributed by atoms with Crippen LogP contribution in [0.3, 0.4) is 0 Å². The molecule has 1 heterocycles. The van der Waals surface area contributed by atoms with Crippen LogP contribution in [0.2, 0.25) is 0 Å². The Morgan fingerprint density at radius 1 is 1.23 bits per heavy atom. The minimum atomic E-state index is -3.99. The Bertz CT molecular complexity index is 864.